The summed E-state index contributed by atoms with van der Waals surface area (Å²) in [6, 6.07) is -11.4. The molecule has 1 saturated heterocycles. The van der Waals surface area contributed by atoms with Crippen LogP contribution in [0.2, 0.25) is 0 Å². The molecule has 11 amide bonds. The number of nitrogens with zero attached hydrogens (tertiary/aromatic N) is 8. The molecule has 0 aromatic heterocycles. The largest absolute Gasteiger partial charge is 0.390 e. The molecule has 0 aromatic carbocycles. The molecule has 11 atom stereocenters. The van der Waals surface area contributed by atoms with Crippen molar-refractivity contribution in [1.29, 1.82) is 0 Å². The van der Waals surface area contributed by atoms with Gasteiger partial charge in [-0.1, -0.05) is 102 Å². The van der Waals surface area contributed by atoms with E-state index in [0.717, 1.165) is 14.7 Å². The van der Waals surface area contributed by atoms with E-state index in [0.29, 0.717) is 12.8 Å². The summed E-state index contributed by atoms with van der Waals surface area (Å²) in [4.78, 5) is 172. The minimum atomic E-state index is -1.62. The fraction of sp³-hybridized carbons (Fsp3) is 0.774. The molecule has 0 radical (unpaired) electrons. The molecule has 26 nitrogen and oxygen atoms in total. The number of hydrogen-bond donors (Lipinski definition) is 7. The minimum Gasteiger partial charge on any atom is -0.390 e. The van der Waals surface area contributed by atoms with Crippen molar-refractivity contribution >= 4 is 70.9 Å². The molecule has 502 valence electrons. The van der Waals surface area contributed by atoms with Crippen LogP contribution in [0.3, 0.4) is 0 Å². The van der Waals surface area contributed by atoms with Crippen molar-refractivity contribution in [1.82, 2.24) is 55.6 Å². The van der Waals surface area contributed by atoms with E-state index in [1.165, 1.54) is 75.9 Å². The predicted molar refractivity (Wildman–Crippen MR) is 339 cm³/mol. The normalized spacial score (nSPS) is 25.4. The fourth-order valence-electron chi connectivity index (χ4n) is 10.7. The third-order valence-electron chi connectivity index (χ3n) is 16.1. The van der Waals surface area contributed by atoms with Crippen LogP contribution in [0.1, 0.15) is 148 Å². The lowest BCUT2D eigenvalue weighted by atomic mass is 9.91. The standard InChI is InChI=1S/C62H112N14O12/c1-22-24-27-40(13)52(79)51-56(83)68-42(26-23-2)57(84)70(15)33-47(77)72(17)44(30-35(3)4)55(82)69-49(38(9)10)60(87)74(19)45(31-36(5)6)54(81)66-41(14)53(80)67-43(28-25-29-65-62(63)64)58(85)71(16)34-48(78)73(18)46(32-37(7)8)59(86)75(20)50(39(11)12)61(88)76(51)21/h22,24,35-46,49-52,79H,23,25-34H2,1-21H3,(H,66,81)(H,67,80)(H,68,83)(H,69,82)(H4,63,64,65)/b24-22+/t40-,41-,42-,43?,44+,45+,46+,49-,50-,51?,52-/m1/s1. The molecule has 1 rings (SSSR count). The quantitative estimate of drug-likeness (QED) is 0.0440. The van der Waals surface area contributed by atoms with Gasteiger partial charge in [0.25, 0.3) is 0 Å². The van der Waals surface area contributed by atoms with Crippen LogP contribution in [0, 0.1) is 35.5 Å². The van der Waals surface area contributed by atoms with Crippen LogP contribution in [-0.4, -0.2) is 240 Å². The van der Waals surface area contributed by atoms with E-state index in [1.54, 1.807) is 60.6 Å². The number of nitrogens with one attached hydrogen (secondary N) is 4. The first kappa shape index (κ1) is 79.2. The summed E-state index contributed by atoms with van der Waals surface area (Å²) in [5.41, 5.74) is 11.1. The fourth-order valence-corrected chi connectivity index (χ4v) is 10.7. The van der Waals surface area contributed by atoms with E-state index >= 15 is 4.79 Å². The number of hydrogen-bond acceptors (Lipinski definition) is 13. The van der Waals surface area contributed by atoms with Gasteiger partial charge in [-0.25, -0.2) is 0 Å². The Morgan fingerprint density at radius 2 is 0.989 bits per heavy atom. The molecule has 0 saturated carbocycles. The van der Waals surface area contributed by atoms with E-state index in [4.69, 9.17) is 11.5 Å². The van der Waals surface area contributed by atoms with Crippen molar-refractivity contribution in [3.8, 4) is 0 Å². The lowest BCUT2D eigenvalue weighted by molar-refractivity contribution is -0.156. The average Bonchev–Trinajstić information content (AvgIpc) is 3.64. The first-order valence-corrected chi connectivity index (χ1v) is 31.2. The lowest BCUT2D eigenvalue weighted by Gasteiger charge is -2.41. The second kappa shape index (κ2) is 37.2. The van der Waals surface area contributed by atoms with Gasteiger partial charge >= 0.3 is 0 Å². The van der Waals surface area contributed by atoms with E-state index in [9.17, 15) is 53.1 Å². The van der Waals surface area contributed by atoms with Gasteiger partial charge in [-0.15, -0.1) is 0 Å². The number of nitrogens with two attached hydrogens (primary N) is 2. The van der Waals surface area contributed by atoms with Crippen LogP contribution in [-0.2, 0) is 52.7 Å². The molecular formula is C62H112N14O12. The lowest BCUT2D eigenvalue weighted by Crippen LogP contribution is -2.63. The number of carbonyl (C=O) groups excluding carboxylic acids is 11. The maximum absolute atomic E-state index is 15.1. The van der Waals surface area contributed by atoms with Gasteiger partial charge in [0.2, 0.25) is 65.0 Å². The molecule has 1 aliphatic heterocycles. The molecule has 26 heteroatoms. The van der Waals surface area contributed by atoms with Gasteiger partial charge in [-0.2, -0.15) is 0 Å². The maximum Gasteiger partial charge on any atom is 0.246 e. The molecule has 88 heavy (non-hydrogen) atoms. The van der Waals surface area contributed by atoms with Gasteiger partial charge in [0, 0.05) is 55.9 Å². The Balaban J connectivity index is 4.33. The van der Waals surface area contributed by atoms with E-state index in [-0.39, 0.29) is 68.8 Å². The van der Waals surface area contributed by atoms with Crippen molar-refractivity contribution < 1.29 is 57.8 Å². The number of carbonyl (C=O) groups is 11. The summed E-state index contributed by atoms with van der Waals surface area (Å²) in [6.45, 7) is 23.6. The predicted octanol–water partition coefficient (Wildman–Crippen LogP) is 1.28. The highest BCUT2D eigenvalue weighted by Gasteiger charge is 2.45. The summed E-state index contributed by atoms with van der Waals surface area (Å²) in [7, 11) is 9.73. The molecule has 2 unspecified atom stereocenters. The van der Waals surface area contributed by atoms with Crippen molar-refractivity contribution in [2.75, 3.05) is 69.0 Å². The summed E-state index contributed by atoms with van der Waals surface area (Å²) in [5, 5.41) is 23.2. The number of amides is 11. The number of guanidine groups is 1. The Labute approximate surface area is 524 Å². The van der Waals surface area contributed by atoms with Gasteiger partial charge < -0.3 is 72.1 Å². The van der Waals surface area contributed by atoms with Crippen LogP contribution >= 0.6 is 0 Å². The topological polar surface area (TPSA) is 343 Å². The Morgan fingerprint density at radius 3 is 1.44 bits per heavy atom. The van der Waals surface area contributed by atoms with Crippen LogP contribution in [0.15, 0.2) is 17.1 Å². The van der Waals surface area contributed by atoms with Crippen molar-refractivity contribution in [3.05, 3.63) is 12.2 Å². The molecule has 0 aliphatic carbocycles. The monoisotopic (exact) mass is 1240 g/mol. The van der Waals surface area contributed by atoms with Crippen LogP contribution < -0.4 is 32.7 Å². The van der Waals surface area contributed by atoms with Crippen LogP contribution in [0.4, 0.5) is 0 Å². The smallest absolute Gasteiger partial charge is 0.246 e. The number of rotatable bonds is 18. The Bertz CT molecular complexity index is 2430. The molecule has 1 aliphatic rings. The Kier molecular flexibility index (Phi) is 33.5. The summed E-state index contributed by atoms with van der Waals surface area (Å²) in [5.74, 6) is -10.2. The maximum atomic E-state index is 15.1. The SMILES string of the molecule is C/C=C/C[C@@H](C)[C@@H](O)C1C(=O)N[C@H](CCC)C(=O)N(C)CC(=O)N(C)[C@@H](CC(C)C)C(=O)N[C@H](C(C)C)C(=O)N(C)[C@@H](CC(C)C)C(=O)N[C@H](C)C(=O)NC(CCCN=C(N)N)C(=O)N(C)CC(=O)N(C)[C@@H](CC(C)C)C(=O)N(C)[C@H](C(C)C)C(=O)N1C. The molecule has 9 N–H and O–H groups in total. The van der Waals surface area contributed by atoms with Crippen molar-refractivity contribution in [2.45, 2.75) is 209 Å². The number of aliphatic hydroxyl groups excluding tert-OH is 1. The molecule has 1 heterocycles. The first-order valence-electron chi connectivity index (χ1n) is 31.2. The molecule has 0 bridgehead atoms. The van der Waals surface area contributed by atoms with Crippen LogP contribution in [0.25, 0.3) is 0 Å². The van der Waals surface area contributed by atoms with Gasteiger partial charge in [-0.3, -0.25) is 57.7 Å². The third-order valence-corrected chi connectivity index (χ3v) is 16.1. The summed E-state index contributed by atoms with van der Waals surface area (Å²) >= 11 is 0. The number of aliphatic hydroxyl groups is 1. The van der Waals surface area contributed by atoms with Gasteiger partial charge in [0.05, 0.1) is 19.2 Å². The Hall–Kier alpha value is -6.86. The molecule has 1 fully saturated rings. The highest BCUT2D eigenvalue weighted by molar-refractivity contribution is 5.99. The van der Waals surface area contributed by atoms with E-state index in [2.05, 4.69) is 26.3 Å². The van der Waals surface area contributed by atoms with Gasteiger partial charge in [0.1, 0.15) is 54.4 Å². The molecule has 0 spiro atoms. The zero-order chi connectivity index (χ0) is 67.9. The highest BCUT2D eigenvalue weighted by Crippen LogP contribution is 2.24. The highest BCUT2D eigenvalue weighted by atomic mass is 16.3. The van der Waals surface area contributed by atoms with E-state index in [1.807, 2.05) is 41.5 Å². The second-order valence-electron chi connectivity index (χ2n) is 25.9. The molecule has 0 aromatic rings. The molecular weight excluding hydrogens is 1130 g/mol. The Morgan fingerprint density at radius 1 is 0.545 bits per heavy atom. The van der Waals surface area contributed by atoms with Gasteiger partial charge in [-0.05, 0) is 94.3 Å². The summed E-state index contributed by atoms with van der Waals surface area (Å²) in [6.07, 6.45) is 3.40. The second-order valence-corrected chi connectivity index (χ2v) is 25.9. The average molecular weight is 1250 g/mol. The first-order chi connectivity index (χ1) is 40.8. The zero-order valence-corrected chi connectivity index (χ0v) is 56.8. The van der Waals surface area contributed by atoms with E-state index < -0.39 is 156 Å². The van der Waals surface area contributed by atoms with Crippen molar-refractivity contribution in [2.24, 2.45) is 52.0 Å². The summed E-state index contributed by atoms with van der Waals surface area (Å²) < 4.78 is 0. The van der Waals surface area contributed by atoms with Crippen molar-refractivity contribution in [3.63, 3.8) is 0 Å². The minimum absolute atomic E-state index is 0.0189. The number of allylic oxidation sites excluding steroid dienone is 2. The number of likely N-dealkylation sites (N-methyl/N-ethyl adjacent to an activating group) is 7. The van der Waals surface area contributed by atoms with Crippen LogP contribution in [0.5, 0.6) is 0 Å². The number of aliphatic imine (C=N–C) groups is 1. The van der Waals surface area contributed by atoms with Gasteiger partial charge in [0.15, 0.2) is 5.96 Å². The zero-order valence-electron chi connectivity index (χ0n) is 56.8. The third kappa shape index (κ3) is 23.6.